The zero-order valence-electron chi connectivity index (χ0n) is 25.9. The zero-order valence-corrected chi connectivity index (χ0v) is 29.5. The Morgan fingerprint density at radius 1 is 0.850 bits per heavy atom. The maximum absolute atomic E-state index is 5.40. The summed E-state index contributed by atoms with van der Waals surface area (Å²) in [6.45, 7) is 21.2. The van der Waals surface area contributed by atoms with Crippen molar-refractivity contribution in [3.63, 3.8) is 0 Å². The molecule has 0 heterocycles. The Labute approximate surface area is 263 Å². The van der Waals surface area contributed by atoms with E-state index in [4.69, 9.17) is 6.58 Å². The molecule has 4 aromatic carbocycles. The normalized spacial score (nSPS) is 11.9. The van der Waals surface area contributed by atoms with Crippen LogP contribution in [0.5, 0.6) is 0 Å². The molecule has 0 radical (unpaired) electrons. The molecule has 206 valence electrons. The van der Waals surface area contributed by atoms with Crippen molar-refractivity contribution < 1.29 is 25.8 Å². The molecule has 0 nitrogen and oxygen atoms in total. The Bertz CT molecular complexity index is 1360. The molecule has 0 aromatic heterocycles. The third-order valence-corrected chi connectivity index (χ3v) is 6.82. The molecule has 4 aromatic rings. The monoisotopic (exact) mass is 694 g/mol. The van der Waals surface area contributed by atoms with E-state index in [9.17, 15) is 0 Å². The van der Waals surface area contributed by atoms with Crippen molar-refractivity contribution in [2.24, 2.45) is 0 Å². The number of hydrogen-bond donors (Lipinski definition) is 0. The van der Waals surface area contributed by atoms with Crippen LogP contribution in [0.2, 0.25) is 0 Å². The molecule has 0 fully saturated rings. The van der Waals surface area contributed by atoms with Crippen molar-refractivity contribution in [2.45, 2.75) is 78.6 Å². The summed E-state index contributed by atoms with van der Waals surface area (Å²) in [6, 6.07) is 26.3. The number of allylic oxidation sites excluding steroid dienone is 5. The molecule has 1 heteroatoms. The van der Waals surface area contributed by atoms with Crippen molar-refractivity contribution in [2.75, 3.05) is 0 Å². The van der Waals surface area contributed by atoms with Gasteiger partial charge in [0.05, 0.1) is 0 Å². The first-order valence-corrected chi connectivity index (χ1v) is 13.8. The summed E-state index contributed by atoms with van der Waals surface area (Å²) in [7, 11) is 0. The van der Waals surface area contributed by atoms with E-state index in [0.29, 0.717) is 0 Å². The van der Waals surface area contributed by atoms with Crippen LogP contribution in [0.1, 0.15) is 84.4 Å². The standard InChI is InChI=1S/C21H25.C12H13.C5H5.CH3.Hf/c1-20(2,3)16-7-9-18-14(12-16)11-15-13-17(21(4,5)6)8-10-19(15)18;1-3-8-11(4-2)12-9-6-5-7-10-12;1-2-4-5-3-1;;/h7-13H,1-6H3;2,5-7,9-10H,3,8H2,1H3;1-3H,4H2;1H3;/q4*-1;+4. The Balaban J connectivity index is 0.000000356. The fraction of sp³-hybridized carbons (Fsp3) is 0.308. The second kappa shape index (κ2) is 16.0. The summed E-state index contributed by atoms with van der Waals surface area (Å²) in [5.41, 5.74) is 8.24. The van der Waals surface area contributed by atoms with Crippen LogP contribution in [-0.2, 0) is 36.7 Å². The Hall–Kier alpha value is -2.60. The molecule has 0 amide bonds. The summed E-state index contributed by atoms with van der Waals surface area (Å²) in [5, 5.41) is 5.48. The topological polar surface area (TPSA) is 0 Å². The number of fused-ring (bicyclic) bond motifs is 3. The molecule has 1 aliphatic rings. The second-order valence-electron chi connectivity index (χ2n) is 12.0. The fourth-order valence-corrected chi connectivity index (χ4v) is 4.48. The Morgan fingerprint density at radius 3 is 1.73 bits per heavy atom. The van der Waals surface area contributed by atoms with Crippen LogP contribution in [0, 0.1) is 20.1 Å². The van der Waals surface area contributed by atoms with Gasteiger partial charge in [0.15, 0.2) is 0 Å². The van der Waals surface area contributed by atoms with Gasteiger partial charge in [0, 0.05) is 0 Å². The van der Waals surface area contributed by atoms with E-state index in [-0.39, 0.29) is 44.1 Å². The predicted octanol–water partition coefficient (Wildman–Crippen LogP) is 11.5. The molecule has 0 saturated heterocycles. The first kappa shape index (κ1) is 35.4. The van der Waals surface area contributed by atoms with Gasteiger partial charge in [-0.3, -0.25) is 6.08 Å². The van der Waals surface area contributed by atoms with E-state index in [1.807, 2.05) is 30.4 Å². The van der Waals surface area contributed by atoms with Crippen LogP contribution < -0.4 is 0 Å². The van der Waals surface area contributed by atoms with E-state index >= 15 is 0 Å². The molecule has 5 rings (SSSR count). The molecule has 0 N–H and O–H groups in total. The summed E-state index contributed by atoms with van der Waals surface area (Å²) in [6.07, 6.45) is 12.1. The smallest absolute Gasteiger partial charge is 0.358 e. The molecular formula is C39H46Hf. The Morgan fingerprint density at radius 2 is 1.38 bits per heavy atom. The van der Waals surface area contributed by atoms with Gasteiger partial charge in [-0.25, -0.2) is 18.7 Å². The molecule has 0 saturated carbocycles. The molecule has 0 spiro atoms. The summed E-state index contributed by atoms with van der Waals surface area (Å²) >= 11 is 0. The maximum Gasteiger partial charge on any atom is 4.00 e. The van der Waals surface area contributed by atoms with Crippen LogP contribution in [0.15, 0.2) is 96.8 Å². The number of hydrogen-bond acceptors (Lipinski definition) is 0. The van der Waals surface area contributed by atoms with Gasteiger partial charge < -0.3 is 13.2 Å². The number of benzene rings is 3. The van der Waals surface area contributed by atoms with Crippen molar-refractivity contribution >= 4 is 27.1 Å². The van der Waals surface area contributed by atoms with E-state index in [0.717, 1.165) is 24.8 Å². The van der Waals surface area contributed by atoms with Crippen molar-refractivity contribution in [1.82, 2.24) is 0 Å². The van der Waals surface area contributed by atoms with Gasteiger partial charge >= 0.3 is 25.8 Å². The van der Waals surface area contributed by atoms with Gasteiger partial charge in [-0.15, -0.1) is 51.7 Å². The molecule has 0 bridgehead atoms. The average Bonchev–Trinajstić information content (AvgIpc) is 3.58. The van der Waals surface area contributed by atoms with Crippen molar-refractivity contribution in [3.8, 4) is 0 Å². The third-order valence-electron chi connectivity index (χ3n) is 6.82. The van der Waals surface area contributed by atoms with E-state index in [1.165, 1.54) is 38.2 Å². The first-order chi connectivity index (χ1) is 18.0. The van der Waals surface area contributed by atoms with Gasteiger partial charge in [-0.2, -0.15) is 6.08 Å². The summed E-state index contributed by atoms with van der Waals surface area (Å²) in [5.74, 6) is 0. The molecule has 0 unspecified atom stereocenters. The zero-order chi connectivity index (χ0) is 27.8. The van der Waals surface area contributed by atoms with Crippen LogP contribution in [0.3, 0.4) is 0 Å². The van der Waals surface area contributed by atoms with Crippen molar-refractivity contribution in [1.29, 1.82) is 0 Å². The molecule has 0 aliphatic heterocycles. The van der Waals surface area contributed by atoms with Gasteiger partial charge in [-0.05, 0) is 10.8 Å². The van der Waals surface area contributed by atoms with E-state index in [2.05, 4.69) is 121 Å². The quantitative estimate of drug-likeness (QED) is 0.114. The van der Waals surface area contributed by atoms with Crippen LogP contribution >= 0.6 is 0 Å². The minimum absolute atomic E-state index is 0. The van der Waals surface area contributed by atoms with Crippen LogP contribution in [-0.4, -0.2) is 0 Å². The van der Waals surface area contributed by atoms with E-state index in [1.54, 1.807) is 0 Å². The maximum atomic E-state index is 5.40. The van der Waals surface area contributed by atoms with Gasteiger partial charge in [0.25, 0.3) is 0 Å². The van der Waals surface area contributed by atoms with Gasteiger partial charge in [-0.1, -0.05) is 133 Å². The third kappa shape index (κ3) is 9.79. The van der Waals surface area contributed by atoms with Crippen molar-refractivity contribution in [3.05, 3.63) is 134 Å². The summed E-state index contributed by atoms with van der Waals surface area (Å²) < 4.78 is 0. The summed E-state index contributed by atoms with van der Waals surface area (Å²) in [4.78, 5) is 0. The Kier molecular flexibility index (Phi) is 14.2. The molecule has 1 aliphatic carbocycles. The van der Waals surface area contributed by atoms with Crippen LogP contribution in [0.25, 0.3) is 27.1 Å². The molecule has 40 heavy (non-hydrogen) atoms. The SMILES string of the molecule is CC(C)(C)c1ccc2c(c1)[cH-]c1cc(C(C)(C)C)ccc12.[C-]1=CC=CC1.[CH-]=C=C(CCC)c1ccccc1.[CH3-].[Hf+4]. The predicted molar refractivity (Wildman–Crippen MR) is 175 cm³/mol. The fourth-order valence-electron chi connectivity index (χ4n) is 4.48. The average molecular weight is 693 g/mol. The second-order valence-corrected chi connectivity index (χ2v) is 12.0. The first-order valence-electron chi connectivity index (χ1n) is 13.8. The molecular weight excluding hydrogens is 647 g/mol. The number of rotatable bonds is 3. The minimum atomic E-state index is 0. The van der Waals surface area contributed by atoms with Gasteiger partial charge in [0.1, 0.15) is 0 Å². The van der Waals surface area contributed by atoms with Gasteiger partial charge in [0.2, 0.25) is 0 Å². The molecule has 0 atom stereocenters. The minimum Gasteiger partial charge on any atom is -0.358 e. The van der Waals surface area contributed by atoms with E-state index < -0.39 is 0 Å². The largest absolute Gasteiger partial charge is 4.00 e. The van der Waals surface area contributed by atoms with Crippen LogP contribution in [0.4, 0.5) is 0 Å².